The lowest BCUT2D eigenvalue weighted by Crippen LogP contribution is -2.53. The Morgan fingerprint density at radius 1 is 0.597 bits per heavy atom. The number of benzene rings is 5. The second kappa shape index (κ2) is 17.8. The van der Waals surface area contributed by atoms with Gasteiger partial charge in [0.25, 0.3) is 0 Å². The summed E-state index contributed by atoms with van der Waals surface area (Å²) in [6.45, 7) is 1.49. The fraction of sp³-hybridized carbons (Fsp3) is 0.288. The summed E-state index contributed by atoms with van der Waals surface area (Å²) in [5.41, 5.74) is 10.7. The van der Waals surface area contributed by atoms with E-state index >= 15 is 0 Å². The standard InChI is InChI=1S/C52H56N8O2/c1-57(2)47(41-13-7-5-8-14-41)51(61)59-31-11-17-45(59)49-53-33-43(55-49)39-27-23-37(24-28-39)35-19-21-36(22-20-35)38-25-29-40(30-26-38)44-34-54-50(56-44)46-18-12-32-60(46)52(62)48(58(3)4)42-15-9-6-10-16-42/h5-10,13-16,19-30,33-34,45-49,53,55H,11-12,17-18,31-32H2,1-4H3,(H,54,56)/t45-,46-,47+,48+,49?/m0/s1. The number of H-pyrrole nitrogens is 1. The highest BCUT2D eigenvalue weighted by atomic mass is 16.2. The lowest BCUT2D eigenvalue weighted by molar-refractivity contribution is -0.138. The monoisotopic (exact) mass is 824 g/mol. The molecule has 6 aromatic rings. The number of nitrogens with one attached hydrogen (secondary N) is 3. The van der Waals surface area contributed by atoms with E-state index < -0.39 is 0 Å². The zero-order chi connectivity index (χ0) is 42.7. The SMILES string of the molecule is CN(C)[C@@H](C(=O)N1CCC[C@H]1c1ncc(-c2ccc(-c3ccc(-c4ccc(C5=CNC([C@@H]6CCCN6C(=O)[C@@H](c6ccccc6)N(C)C)N5)cc4)cc3)cc2)[nH]1)c1ccccc1. The zero-order valence-electron chi connectivity index (χ0n) is 36.0. The van der Waals surface area contributed by atoms with Crippen LogP contribution in [0.15, 0.2) is 146 Å². The first-order valence-corrected chi connectivity index (χ1v) is 21.9. The summed E-state index contributed by atoms with van der Waals surface area (Å²) in [5.74, 6) is 1.10. The van der Waals surface area contributed by atoms with Crippen molar-refractivity contribution in [1.82, 2.24) is 40.2 Å². The van der Waals surface area contributed by atoms with E-state index in [2.05, 4.69) is 93.3 Å². The van der Waals surface area contributed by atoms with Crippen molar-refractivity contribution >= 4 is 17.5 Å². The number of aromatic nitrogens is 2. The zero-order valence-corrected chi connectivity index (χ0v) is 36.0. The number of carbonyl (C=O) groups is 2. The topological polar surface area (TPSA) is 99.8 Å². The van der Waals surface area contributed by atoms with Gasteiger partial charge in [-0.3, -0.25) is 19.4 Å². The predicted octanol–water partition coefficient (Wildman–Crippen LogP) is 8.49. The highest BCUT2D eigenvalue weighted by molar-refractivity contribution is 5.85. The minimum Gasteiger partial charge on any atom is -0.368 e. The van der Waals surface area contributed by atoms with Gasteiger partial charge in [-0.2, -0.15) is 0 Å². The van der Waals surface area contributed by atoms with Crippen LogP contribution in [0.1, 0.15) is 66.3 Å². The van der Waals surface area contributed by atoms with Gasteiger partial charge >= 0.3 is 0 Å². The van der Waals surface area contributed by atoms with Crippen molar-refractivity contribution in [2.24, 2.45) is 0 Å². The first kappa shape index (κ1) is 40.9. The maximum Gasteiger partial charge on any atom is 0.245 e. The van der Waals surface area contributed by atoms with E-state index in [9.17, 15) is 9.59 Å². The van der Waals surface area contributed by atoms with Crippen LogP contribution in [-0.2, 0) is 9.59 Å². The third-order valence-electron chi connectivity index (χ3n) is 12.8. The molecule has 10 nitrogen and oxygen atoms in total. The number of aromatic amines is 1. The lowest BCUT2D eigenvalue weighted by Gasteiger charge is -2.35. The Labute approximate surface area is 365 Å². The molecule has 5 aromatic carbocycles. The van der Waals surface area contributed by atoms with Crippen molar-refractivity contribution in [2.45, 2.75) is 56.0 Å². The van der Waals surface area contributed by atoms with Crippen molar-refractivity contribution in [2.75, 3.05) is 41.3 Å². The number of imidazole rings is 1. The Bertz CT molecular complexity index is 2500. The van der Waals surface area contributed by atoms with Gasteiger partial charge in [0.05, 0.1) is 29.7 Å². The number of carbonyl (C=O) groups excluding carboxylic acids is 2. The van der Waals surface area contributed by atoms with Crippen molar-refractivity contribution in [3.63, 3.8) is 0 Å². The molecule has 0 aliphatic carbocycles. The number of rotatable bonds is 12. The summed E-state index contributed by atoms with van der Waals surface area (Å²) in [6, 6.07) is 45.4. The van der Waals surface area contributed by atoms with Crippen LogP contribution in [0.2, 0.25) is 0 Å². The molecule has 0 spiro atoms. The van der Waals surface area contributed by atoms with Gasteiger partial charge in [0.1, 0.15) is 24.1 Å². The molecule has 3 aliphatic heterocycles. The molecule has 3 N–H and O–H groups in total. The summed E-state index contributed by atoms with van der Waals surface area (Å²) in [7, 11) is 7.88. The number of hydrogen-bond donors (Lipinski definition) is 3. The fourth-order valence-corrected chi connectivity index (χ4v) is 9.63. The molecule has 1 unspecified atom stereocenters. The van der Waals surface area contributed by atoms with E-state index in [0.29, 0.717) is 0 Å². The quantitative estimate of drug-likeness (QED) is 0.114. The number of likely N-dealkylation sites (tertiary alicyclic amines) is 2. The fourth-order valence-electron chi connectivity index (χ4n) is 9.63. The first-order valence-electron chi connectivity index (χ1n) is 21.9. The Kier molecular flexibility index (Phi) is 11.8. The van der Waals surface area contributed by atoms with E-state index in [1.165, 1.54) is 0 Å². The van der Waals surface area contributed by atoms with Crippen molar-refractivity contribution < 1.29 is 9.59 Å². The van der Waals surface area contributed by atoms with Gasteiger partial charge in [-0.1, -0.05) is 133 Å². The molecular weight excluding hydrogens is 769 g/mol. The highest BCUT2D eigenvalue weighted by Gasteiger charge is 2.40. The van der Waals surface area contributed by atoms with Crippen LogP contribution in [-0.4, -0.2) is 94.9 Å². The summed E-state index contributed by atoms with van der Waals surface area (Å²) in [4.78, 5) is 44.3. The van der Waals surface area contributed by atoms with E-state index in [1.54, 1.807) is 0 Å². The number of hydrogen-bond acceptors (Lipinski definition) is 7. The summed E-state index contributed by atoms with van der Waals surface area (Å²) in [6.07, 6.45) is 7.67. The molecule has 10 heteroatoms. The predicted molar refractivity (Wildman–Crippen MR) is 247 cm³/mol. The second-order valence-electron chi connectivity index (χ2n) is 17.2. The number of amides is 2. The Hall–Kier alpha value is -6.49. The first-order chi connectivity index (χ1) is 30.2. The van der Waals surface area contributed by atoms with Crippen LogP contribution in [0.3, 0.4) is 0 Å². The van der Waals surface area contributed by atoms with Crippen LogP contribution in [0, 0.1) is 0 Å². The average Bonchev–Trinajstić information content (AvgIpc) is 4.15. The van der Waals surface area contributed by atoms with Gasteiger partial charge in [0.2, 0.25) is 11.8 Å². The Balaban J connectivity index is 0.815. The van der Waals surface area contributed by atoms with Gasteiger partial charge in [0, 0.05) is 19.3 Å². The van der Waals surface area contributed by atoms with Crippen molar-refractivity contribution in [1.29, 1.82) is 0 Å². The smallest absolute Gasteiger partial charge is 0.245 e. The van der Waals surface area contributed by atoms with Crippen LogP contribution in [0.5, 0.6) is 0 Å². The average molecular weight is 825 g/mol. The summed E-state index contributed by atoms with van der Waals surface area (Å²) >= 11 is 0. The third kappa shape index (κ3) is 8.28. The molecule has 0 bridgehead atoms. The molecule has 3 aliphatic rings. The second-order valence-corrected chi connectivity index (χ2v) is 17.2. The molecule has 5 atom stereocenters. The third-order valence-corrected chi connectivity index (χ3v) is 12.8. The molecule has 2 fully saturated rings. The summed E-state index contributed by atoms with van der Waals surface area (Å²) < 4.78 is 0. The van der Waals surface area contributed by atoms with Gasteiger partial charge in [-0.05, 0) is 98.4 Å². The van der Waals surface area contributed by atoms with E-state index in [0.717, 1.165) is 100 Å². The molecule has 316 valence electrons. The maximum absolute atomic E-state index is 14.0. The Morgan fingerprint density at radius 2 is 1.06 bits per heavy atom. The largest absolute Gasteiger partial charge is 0.368 e. The van der Waals surface area contributed by atoms with Crippen LogP contribution < -0.4 is 10.6 Å². The van der Waals surface area contributed by atoms with Crippen LogP contribution >= 0.6 is 0 Å². The summed E-state index contributed by atoms with van der Waals surface area (Å²) in [5, 5.41) is 7.24. The van der Waals surface area contributed by atoms with Gasteiger partial charge in [-0.15, -0.1) is 0 Å². The minimum absolute atomic E-state index is 0.0463. The van der Waals surface area contributed by atoms with Gasteiger partial charge in [-0.25, -0.2) is 4.98 Å². The van der Waals surface area contributed by atoms with E-state index in [4.69, 9.17) is 4.98 Å². The Morgan fingerprint density at radius 3 is 1.60 bits per heavy atom. The molecular formula is C52H56N8O2. The van der Waals surface area contributed by atoms with Gasteiger partial charge < -0.3 is 25.4 Å². The van der Waals surface area contributed by atoms with Crippen LogP contribution in [0.25, 0.3) is 39.2 Å². The molecule has 62 heavy (non-hydrogen) atoms. The van der Waals surface area contributed by atoms with E-state index in [-0.39, 0.29) is 42.1 Å². The molecule has 9 rings (SSSR count). The van der Waals surface area contributed by atoms with Gasteiger partial charge in [0.15, 0.2) is 0 Å². The van der Waals surface area contributed by atoms with Crippen LogP contribution in [0.4, 0.5) is 0 Å². The highest BCUT2D eigenvalue weighted by Crippen LogP contribution is 2.36. The normalized spacial score (nSPS) is 19.6. The molecule has 2 amide bonds. The minimum atomic E-state index is -0.339. The molecule has 0 saturated carbocycles. The number of nitrogens with zero attached hydrogens (tertiary/aromatic N) is 5. The molecule has 2 saturated heterocycles. The molecule has 4 heterocycles. The molecule has 0 radical (unpaired) electrons. The number of likely N-dealkylation sites (N-methyl/N-ethyl adjacent to an activating group) is 2. The lowest BCUT2D eigenvalue weighted by atomic mass is 9.98. The van der Waals surface area contributed by atoms with Crippen molar-refractivity contribution in [3.8, 4) is 33.5 Å². The van der Waals surface area contributed by atoms with E-state index in [1.807, 2.05) is 116 Å². The molecule has 1 aromatic heterocycles. The maximum atomic E-state index is 14.0. The van der Waals surface area contributed by atoms with Crippen molar-refractivity contribution in [3.05, 3.63) is 168 Å².